The summed E-state index contributed by atoms with van der Waals surface area (Å²) in [6, 6.07) is 9.64. The maximum absolute atomic E-state index is 6.43. The molecule has 0 unspecified atom stereocenters. The molecule has 0 aromatic heterocycles. The van der Waals surface area contributed by atoms with Crippen LogP contribution in [0.5, 0.6) is 0 Å². The Morgan fingerprint density at radius 1 is 0.857 bits per heavy atom. The Labute approximate surface area is 135 Å². The third-order valence-electron chi connectivity index (χ3n) is 4.47. The van der Waals surface area contributed by atoms with Crippen molar-refractivity contribution in [3.8, 4) is 0 Å². The molecule has 1 saturated heterocycles. The van der Waals surface area contributed by atoms with Crippen LogP contribution in [0, 0.1) is 0 Å². The van der Waals surface area contributed by atoms with Crippen molar-refractivity contribution in [1.82, 2.24) is 0 Å². The number of benzene rings is 2. The van der Waals surface area contributed by atoms with Gasteiger partial charge in [0.25, 0.3) is 0 Å². The molecule has 5 heteroatoms. The molecule has 0 saturated carbocycles. The van der Waals surface area contributed by atoms with Gasteiger partial charge in [-0.2, -0.15) is 0 Å². The van der Waals surface area contributed by atoms with Crippen molar-refractivity contribution in [2.45, 2.75) is 38.9 Å². The summed E-state index contributed by atoms with van der Waals surface area (Å²) in [5, 5.41) is 3.12. The van der Waals surface area contributed by atoms with Crippen molar-refractivity contribution in [3.63, 3.8) is 0 Å². The largest absolute Gasteiger partial charge is 0.497 e. The van der Waals surface area contributed by atoms with E-state index in [1.54, 1.807) is 6.07 Å². The molecular formula is C16H17BCl2O2. The molecule has 21 heavy (non-hydrogen) atoms. The van der Waals surface area contributed by atoms with Gasteiger partial charge < -0.3 is 9.31 Å². The topological polar surface area (TPSA) is 18.5 Å². The first-order valence-corrected chi connectivity index (χ1v) is 7.71. The van der Waals surface area contributed by atoms with E-state index in [4.69, 9.17) is 32.5 Å². The summed E-state index contributed by atoms with van der Waals surface area (Å²) in [6.45, 7) is 8.11. The zero-order chi connectivity index (χ0) is 15.4. The minimum Gasteiger partial charge on any atom is -0.399 e. The predicted octanol–water partition coefficient (Wildman–Crippen LogP) is 4.45. The predicted molar refractivity (Wildman–Crippen MR) is 89.7 cm³/mol. The van der Waals surface area contributed by atoms with Gasteiger partial charge in [0.15, 0.2) is 0 Å². The normalized spacial score (nSPS) is 20.2. The van der Waals surface area contributed by atoms with Crippen LogP contribution in [-0.4, -0.2) is 18.3 Å². The minimum atomic E-state index is -0.496. The molecule has 1 heterocycles. The van der Waals surface area contributed by atoms with Gasteiger partial charge in [-0.1, -0.05) is 47.5 Å². The van der Waals surface area contributed by atoms with Gasteiger partial charge >= 0.3 is 7.12 Å². The molecule has 0 atom stereocenters. The molecular weight excluding hydrogens is 306 g/mol. The summed E-state index contributed by atoms with van der Waals surface area (Å²) < 4.78 is 12.3. The zero-order valence-electron chi connectivity index (χ0n) is 12.5. The molecule has 110 valence electrons. The maximum atomic E-state index is 6.43. The number of hydrogen-bond donors (Lipinski definition) is 0. The van der Waals surface area contributed by atoms with E-state index < -0.39 is 18.3 Å². The Kier molecular flexibility index (Phi) is 3.53. The molecule has 1 aliphatic heterocycles. The van der Waals surface area contributed by atoms with Gasteiger partial charge in [0.1, 0.15) is 0 Å². The molecule has 0 aliphatic carbocycles. The molecule has 0 bridgehead atoms. The van der Waals surface area contributed by atoms with Crippen molar-refractivity contribution >= 4 is 46.6 Å². The van der Waals surface area contributed by atoms with Gasteiger partial charge in [0, 0.05) is 20.9 Å². The van der Waals surface area contributed by atoms with Crippen molar-refractivity contribution in [2.75, 3.05) is 0 Å². The first kappa shape index (κ1) is 15.2. The van der Waals surface area contributed by atoms with Gasteiger partial charge in [-0.15, -0.1) is 0 Å². The van der Waals surface area contributed by atoms with E-state index in [-0.39, 0.29) is 0 Å². The monoisotopic (exact) mass is 322 g/mol. The van der Waals surface area contributed by atoms with E-state index in [1.807, 2.05) is 52.0 Å². The number of hydrogen-bond acceptors (Lipinski definition) is 2. The lowest BCUT2D eigenvalue weighted by Gasteiger charge is -2.32. The summed E-state index contributed by atoms with van der Waals surface area (Å²) in [4.78, 5) is 0. The fourth-order valence-corrected chi connectivity index (χ4v) is 3.15. The Hall–Kier alpha value is -0.735. The number of fused-ring (bicyclic) bond motifs is 1. The second-order valence-corrected chi connectivity index (χ2v) is 7.20. The van der Waals surface area contributed by atoms with Crippen LogP contribution in [0.25, 0.3) is 10.8 Å². The molecule has 2 nitrogen and oxygen atoms in total. The number of halogens is 2. The highest BCUT2D eigenvalue weighted by molar-refractivity contribution is 6.69. The van der Waals surface area contributed by atoms with E-state index in [2.05, 4.69) is 0 Å². The molecule has 0 spiro atoms. The fraction of sp³-hybridized carbons (Fsp3) is 0.375. The van der Waals surface area contributed by atoms with Gasteiger partial charge in [-0.3, -0.25) is 0 Å². The lowest BCUT2D eigenvalue weighted by Crippen LogP contribution is -2.41. The smallest absolute Gasteiger partial charge is 0.399 e. The maximum Gasteiger partial charge on any atom is 0.497 e. The highest BCUT2D eigenvalue weighted by atomic mass is 35.5. The van der Waals surface area contributed by atoms with Gasteiger partial charge in [-0.25, -0.2) is 0 Å². The average molecular weight is 323 g/mol. The van der Waals surface area contributed by atoms with E-state index in [9.17, 15) is 0 Å². The lowest BCUT2D eigenvalue weighted by molar-refractivity contribution is 0.00578. The Morgan fingerprint density at radius 2 is 1.38 bits per heavy atom. The summed E-state index contributed by atoms with van der Waals surface area (Å²) in [5.74, 6) is 0. The highest BCUT2D eigenvalue weighted by Gasteiger charge is 2.52. The van der Waals surface area contributed by atoms with Crippen molar-refractivity contribution in [3.05, 3.63) is 40.4 Å². The molecule has 2 aromatic carbocycles. The summed E-state index contributed by atoms with van der Waals surface area (Å²) in [7, 11) is -0.496. The quantitative estimate of drug-likeness (QED) is 0.722. The lowest BCUT2D eigenvalue weighted by atomic mass is 9.76. The highest BCUT2D eigenvalue weighted by Crippen LogP contribution is 2.38. The molecule has 1 fully saturated rings. The average Bonchev–Trinajstić information content (AvgIpc) is 2.58. The van der Waals surface area contributed by atoms with Crippen LogP contribution in [-0.2, 0) is 9.31 Å². The minimum absolute atomic E-state index is 0.401. The Bertz CT molecular complexity index is 697. The summed E-state index contributed by atoms with van der Waals surface area (Å²) in [6.07, 6.45) is 0. The van der Waals surface area contributed by atoms with E-state index in [0.717, 1.165) is 16.2 Å². The van der Waals surface area contributed by atoms with Gasteiger partial charge in [-0.05, 0) is 39.1 Å². The van der Waals surface area contributed by atoms with Crippen LogP contribution in [0.1, 0.15) is 27.7 Å². The standard InChI is InChI=1S/C16H17BCl2O2/c1-15(2)16(3,4)21-17(20-15)14-11-8-6-5-7-10(11)12(18)9-13(14)19/h5-9H,1-4H3. The van der Waals surface area contributed by atoms with Gasteiger partial charge in [0.2, 0.25) is 0 Å². The second kappa shape index (κ2) is 4.89. The molecule has 1 aliphatic rings. The third kappa shape index (κ3) is 2.37. The van der Waals surface area contributed by atoms with E-state index >= 15 is 0 Å². The summed E-state index contributed by atoms with van der Waals surface area (Å²) in [5.41, 5.74) is 0.0408. The third-order valence-corrected chi connectivity index (χ3v) is 5.10. The van der Waals surface area contributed by atoms with Crippen LogP contribution in [0.4, 0.5) is 0 Å². The second-order valence-electron chi connectivity index (χ2n) is 6.39. The van der Waals surface area contributed by atoms with E-state index in [0.29, 0.717) is 10.0 Å². The molecule has 0 radical (unpaired) electrons. The fourth-order valence-electron chi connectivity index (χ4n) is 2.52. The van der Waals surface area contributed by atoms with Crippen LogP contribution >= 0.6 is 23.2 Å². The van der Waals surface area contributed by atoms with Crippen LogP contribution in [0.2, 0.25) is 10.0 Å². The number of rotatable bonds is 1. The Balaban J connectivity index is 2.19. The van der Waals surface area contributed by atoms with Crippen LogP contribution in [0.3, 0.4) is 0 Å². The zero-order valence-corrected chi connectivity index (χ0v) is 14.0. The molecule has 0 amide bonds. The van der Waals surface area contributed by atoms with Crippen molar-refractivity contribution in [2.24, 2.45) is 0 Å². The van der Waals surface area contributed by atoms with E-state index in [1.165, 1.54) is 0 Å². The first-order chi connectivity index (χ1) is 9.73. The summed E-state index contributed by atoms with van der Waals surface area (Å²) >= 11 is 12.7. The van der Waals surface area contributed by atoms with Crippen LogP contribution in [0.15, 0.2) is 30.3 Å². The van der Waals surface area contributed by atoms with Crippen LogP contribution < -0.4 is 5.46 Å². The molecule has 0 N–H and O–H groups in total. The first-order valence-electron chi connectivity index (χ1n) is 6.95. The molecule has 2 aromatic rings. The van der Waals surface area contributed by atoms with Crippen molar-refractivity contribution < 1.29 is 9.31 Å². The molecule has 3 rings (SSSR count). The van der Waals surface area contributed by atoms with Gasteiger partial charge in [0.05, 0.1) is 11.2 Å². The SMILES string of the molecule is CC1(C)OB(c2c(Cl)cc(Cl)c3ccccc23)OC1(C)C. The Morgan fingerprint density at radius 3 is 1.95 bits per heavy atom. The van der Waals surface area contributed by atoms with Crippen molar-refractivity contribution in [1.29, 1.82) is 0 Å².